The van der Waals surface area contributed by atoms with E-state index in [-0.39, 0.29) is 11.7 Å². The first kappa shape index (κ1) is 13.2. The number of rotatable bonds is 3. The van der Waals surface area contributed by atoms with Crippen molar-refractivity contribution in [2.24, 2.45) is 5.73 Å². The molecular weight excluding hydrogens is 300 g/mol. The Balaban J connectivity index is 2.41. The first-order valence-corrected chi connectivity index (χ1v) is 6.61. The van der Waals surface area contributed by atoms with Crippen molar-refractivity contribution in [3.05, 3.63) is 26.3 Å². The molecule has 2 N–H and O–H groups in total. The van der Waals surface area contributed by atoms with Gasteiger partial charge < -0.3 is 10.6 Å². The molecule has 2 heterocycles. The largest absolute Gasteiger partial charge is 0.351 e. The molecule has 1 aromatic heterocycles. The molecule has 1 aliphatic heterocycles. The van der Waals surface area contributed by atoms with Crippen LogP contribution < -0.4 is 10.6 Å². The summed E-state index contributed by atoms with van der Waals surface area (Å²) in [6.07, 6.45) is 3.44. The first-order chi connectivity index (χ1) is 8.56. The zero-order valence-electron chi connectivity index (χ0n) is 10.1. The van der Waals surface area contributed by atoms with E-state index in [1.165, 1.54) is 6.20 Å². The third-order valence-corrected chi connectivity index (χ3v) is 4.29. The molecule has 1 atom stereocenters. The number of pyridine rings is 1. The van der Waals surface area contributed by atoms with Gasteiger partial charge in [-0.3, -0.25) is 10.1 Å². The lowest BCUT2D eigenvalue weighted by Crippen LogP contribution is -2.36. The molecule has 0 amide bonds. The van der Waals surface area contributed by atoms with Gasteiger partial charge in [-0.25, -0.2) is 4.98 Å². The lowest BCUT2D eigenvalue weighted by atomic mass is 10.2. The smallest absolute Gasteiger partial charge is 0.291 e. The summed E-state index contributed by atoms with van der Waals surface area (Å²) in [7, 11) is 0. The number of aromatic nitrogens is 1. The highest BCUT2D eigenvalue weighted by atomic mass is 79.9. The quantitative estimate of drug-likeness (QED) is 0.681. The third-order valence-electron chi connectivity index (χ3n) is 3.34. The van der Waals surface area contributed by atoms with Crippen molar-refractivity contribution in [1.82, 2.24) is 4.98 Å². The molecule has 18 heavy (non-hydrogen) atoms. The molecule has 1 aliphatic rings. The average Bonchev–Trinajstić information content (AvgIpc) is 2.80. The number of hydrogen-bond donors (Lipinski definition) is 1. The van der Waals surface area contributed by atoms with E-state index in [9.17, 15) is 10.1 Å². The van der Waals surface area contributed by atoms with E-state index in [1.54, 1.807) is 6.92 Å². The van der Waals surface area contributed by atoms with Crippen LogP contribution in [0.1, 0.15) is 18.4 Å². The van der Waals surface area contributed by atoms with Crippen LogP contribution in [0.3, 0.4) is 0 Å². The van der Waals surface area contributed by atoms with Gasteiger partial charge in [-0.15, -0.1) is 0 Å². The molecule has 1 aromatic rings. The van der Waals surface area contributed by atoms with Crippen LogP contribution in [0, 0.1) is 17.0 Å². The number of nitro groups is 1. The molecular formula is C11H15BrN4O2. The van der Waals surface area contributed by atoms with Gasteiger partial charge in [0.25, 0.3) is 5.69 Å². The van der Waals surface area contributed by atoms with E-state index in [1.807, 2.05) is 0 Å². The van der Waals surface area contributed by atoms with Crippen molar-refractivity contribution in [3.8, 4) is 0 Å². The molecule has 1 unspecified atom stereocenters. The summed E-state index contributed by atoms with van der Waals surface area (Å²) in [6, 6.07) is 0.273. The van der Waals surface area contributed by atoms with Crippen molar-refractivity contribution in [1.29, 1.82) is 0 Å². The maximum absolute atomic E-state index is 10.8. The van der Waals surface area contributed by atoms with Crippen LogP contribution in [0.4, 0.5) is 11.5 Å². The van der Waals surface area contributed by atoms with Crippen LogP contribution in [-0.4, -0.2) is 29.0 Å². The van der Waals surface area contributed by atoms with Crippen LogP contribution in [-0.2, 0) is 0 Å². The van der Waals surface area contributed by atoms with E-state index >= 15 is 0 Å². The standard InChI is InChI=1S/C11H15BrN4O2/c1-7-9(16(17)18)6-14-11(10(7)12)15-4-2-3-8(15)5-13/h6,8H,2-5,13H2,1H3. The SMILES string of the molecule is Cc1c([N+](=O)[O-])cnc(N2CCCC2CN)c1Br. The molecule has 98 valence electrons. The predicted octanol–water partition coefficient (Wildman–Crippen LogP) is 1.99. The summed E-state index contributed by atoms with van der Waals surface area (Å²) in [5, 5.41) is 10.8. The zero-order chi connectivity index (χ0) is 13.3. The second-order valence-electron chi connectivity index (χ2n) is 4.39. The van der Waals surface area contributed by atoms with E-state index in [2.05, 4.69) is 25.8 Å². The van der Waals surface area contributed by atoms with E-state index in [0.29, 0.717) is 16.6 Å². The number of nitrogens with two attached hydrogens (primary N) is 1. The zero-order valence-corrected chi connectivity index (χ0v) is 11.7. The van der Waals surface area contributed by atoms with Gasteiger partial charge in [0.1, 0.15) is 12.0 Å². The Morgan fingerprint density at radius 3 is 3.06 bits per heavy atom. The van der Waals surface area contributed by atoms with Gasteiger partial charge in [-0.1, -0.05) is 0 Å². The summed E-state index contributed by atoms with van der Waals surface area (Å²) < 4.78 is 0.692. The maximum atomic E-state index is 10.8. The average molecular weight is 315 g/mol. The van der Waals surface area contributed by atoms with Gasteiger partial charge in [-0.2, -0.15) is 0 Å². The highest BCUT2D eigenvalue weighted by Gasteiger charge is 2.28. The van der Waals surface area contributed by atoms with E-state index < -0.39 is 4.92 Å². The van der Waals surface area contributed by atoms with Crippen molar-refractivity contribution >= 4 is 27.4 Å². The molecule has 0 aromatic carbocycles. The summed E-state index contributed by atoms with van der Waals surface area (Å²) >= 11 is 3.42. The van der Waals surface area contributed by atoms with Gasteiger partial charge in [0.2, 0.25) is 0 Å². The Hall–Kier alpha value is -1.21. The van der Waals surface area contributed by atoms with E-state index in [0.717, 1.165) is 25.2 Å². The molecule has 6 nitrogen and oxygen atoms in total. The molecule has 7 heteroatoms. The Labute approximate surface area is 113 Å². The van der Waals surface area contributed by atoms with Crippen LogP contribution in [0.15, 0.2) is 10.7 Å². The van der Waals surface area contributed by atoms with Crippen LogP contribution in [0.25, 0.3) is 0 Å². The highest BCUT2D eigenvalue weighted by molar-refractivity contribution is 9.10. The van der Waals surface area contributed by atoms with Gasteiger partial charge in [-0.05, 0) is 35.7 Å². The monoisotopic (exact) mass is 314 g/mol. The van der Waals surface area contributed by atoms with Crippen LogP contribution in [0.2, 0.25) is 0 Å². The summed E-state index contributed by atoms with van der Waals surface area (Å²) in [5.74, 6) is 0.756. The molecule has 1 saturated heterocycles. The van der Waals surface area contributed by atoms with Crippen LogP contribution >= 0.6 is 15.9 Å². The minimum absolute atomic E-state index is 0.0362. The van der Waals surface area contributed by atoms with Crippen LogP contribution in [0.5, 0.6) is 0 Å². The summed E-state index contributed by atoms with van der Waals surface area (Å²) in [4.78, 5) is 16.8. The third kappa shape index (κ3) is 2.20. The Kier molecular flexibility index (Phi) is 3.82. The molecule has 1 fully saturated rings. The molecule has 2 rings (SSSR count). The topological polar surface area (TPSA) is 85.3 Å². The van der Waals surface area contributed by atoms with Gasteiger partial charge in [0.15, 0.2) is 0 Å². The first-order valence-electron chi connectivity index (χ1n) is 5.82. The minimum Gasteiger partial charge on any atom is -0.351 e. The fourth-order valence-electron chi connectivity index (χ4n) is 2.30. The van der Waals surface area contributed by atoms with E-state index in [4.69, 9.17) is 5.73 Å². The fraction of sp³-hybridized carbons (Fsp3) is 0.545. The Morgan fingerprint density at radius 1 is 1.72 bits per heavy atom. The lowest BCUT2D eigenvalue weighted by molar-refractivity contribution is -0.385. The fourth-order valence-corrected chi connectivity index (χ4v) is 2.83. The van der Waals surface area contributed by atoms with Crippen molar-refractivity contribution in [2.45, 2.75) is 25.8 Å². The predicted molar refractivity (Wildman–Crippen MR) is 72.8 cm³/mol. The maximum Gasteiger partial charge on any atom is 0.291 e. The highest BCUT2D eigenvalue weighted by Crippen LogP contribution is 2.35. The summed E-state index contributed by atoms with van der Waals surface area (Å²) in [6.45, 7) is 3.19. The molecule has 0 bridgehead atoms. The molecule has 0 spiro atoms. The minimum atomic E-state index is -0.415. The summed E-state index contributed by atoms with van der Waals surface area (Å²) in [5.41, 5.74) is 6.38. The molecule has 0 radical (unpaired) electrons. The van der Waals surface area contributed by atoms with Gasteiger partial charge >= 0.3 is 0 Å². The van der Waals surface area contributed by atoms with Gasteiger partial charge in [0.05, 0.1) is 9.40 Å². The Morgan fingerprint density at radius 2 is 2.44 bits per heavy atom. The Bertz CT molecular complexity index is 480. The number of halogens is 1. The van der Waals surface area contributed by atoms with Crippen molar-refractivity contribution < 1.29 is 4.92 Å². The number of hydrogen-bond acceptors (Lipinski definition) is 5. The number of nitrogens with zero attached hydrogens (tertiary/aromatic N) is 3. The second kappa shape index (κ2) is 5.19. The van der Waals surface area contributed by atoms with Crippen molar-refractivity contribution in [3.63, 3.8) is 0 Å². The second-order valence-corrected chi connectivity index (χ2v) is 5.18. The van der Waals surface area contributed by atoms with Gasteiger partial charge in [0, 0.05) is 24.7 Å². The molecule has 0 aliphatic carbocycles. The number of anilines is 1. The normalized spacial score (nSPS) is 19.3. The van der Waals surface area contributed by atoms with Crippen molar-refractivity contribution in [2.75, 3.05) is 18.0 Å². The lowest BCUT2D eigenvalue weighted by Gasteiger charge is -2.25. The molecule has 0 saturated carbocycles.